The Kier molecular flexibility index (Phi) is 4.52. The van der Waals surface area contributed by atoms with Crippen LogP contribution in [-0.2, 0) is 9.59 Å². The molecule has 0 saturated carbocycles. The van der Waals surface area contributed by atoms with Crippen LogP contribution in [0.2, 0.25) is 0 Å². The van der Waals surface area contributed by atoms with Gasteiger partial charge in [-0.3, -0.25) is 9.59 Å². The Morgan fingerprint density at radius 3 is 2.00 bits per heavy atom. The highest BCUT2D eigenvalue weighted by atomic mass is 32.1. The highest BCUT2D eigenvalue weighted by Gasteiger charge is 2.18. The number of rotatable bonds is 4. The molecule has 0 aromatic rings. The van der Waals surface area contributed by atoms with Crippen molar-refractivity contribution in [1.29, 1.82) is 0 Å². The lowest BCUT2D eigenvalue weighted by molar-refractivity contribution is -0.121. The lowest BCUT2D eigenvalue weighted by atomic mass is 9.99. The van der Waals surface area contributed by atoms with Gasteiger partial charge in [0.1, 0.15) is 5.78 Å². The van der Waals surface area contributed by atoms with Crippen LogP contribution in [0.5, 0.6) is 0 Å². The quantitative estimate of drug-likeness (QED) is 0.538. The standard InChI is InChI=1S/C7H10O2S2/c1-4(8)6(5(2)10)3-7(9)11/h6H,3H2,1-2H3,(H,9,11). The van der Waals surface area contributed by atoms with E-state index in [2.05, 4.69) is 12.6 Å². The summed E-state index contributed by atoms with van der Waals surface area (Å²) >= 11 is 8.38. The Balaban J connectivity index is 4.23. The van der Waals surface area contributed by atoms with Gasteiger partial charge in [0.25, 0.3) is 0 Å². The lowest BCUT2D eigenvalue weighted by Crippen LogP contribution is -2.19. The van der Waals surface area contributed by atoms with E-state index in [0.717, 1.165) is 0 Å². The van der Waals surface area contributed by atoms with Crippen molar-refractivity contribution in [2.24, 2.45) is 5.92 Å². The average Bonchev–Trinajstić information content (AvgIpc) is 1.81. The lowest BCUT2D eigenvalue weighted by Gasteiger charge is -2.08. The first-order valence-corrected chi connectivity index (χ1v) is 4.03. The Hall–Kier alpha value is -0.220. The fourth-order valence-electron chi connectivity index (χ4n) is 0.748. The summed E-state index contributed by atoms with van der Waals surface area (Å²) in [7, 11) is 0. The van der Waals surface area contributed by atoms with Crippen LogP contribution in [0.1, 0.15) is 20.3 Å². The van der Waals surface area contributed by atoms with E-state index in [1.165, 1.54) is 6.92 Å². The second-order valence-corrected chi connectivity index (χ2v) is 3.51. The van der Waals surface area contributed by atoms with Crippen LogP contribution in [0.15, 0.2) is 0 Å². The number of hydrogen-bond acceptors (Lipinski definition) is 3. The molecular formula is C7H10O2S2. The molecule has 0 spiro atoms. The molecule has 0 aliphatic heterocycles. The summed E-state index contributed by atoms with van der Waals surface area (Å²) in [6.07, 6.45) is 0.119. The molecule has 0 aliphatic carbocycles. The molecule has 11 heavy (non-hydrogen) atoms. The van der Waals surface area contributed by atoms with Crippen LogP contribution in [0, 0.1) is 5.92 Å². The van der Waals surface area contributed by atoms with Gasteiger partial charge in [-0.05, 0) is 13.8 Å². The van der Waals surface area contributed by atoms with Gasteiger partial charge >= 0.3 is 0 Å². The number of carbonyl (C=O) groups is 2. The molecule has 0 heterocycles. The Bertz CT molecular complexity index is 185. The minimum absolute atomic E-state index is 0.0695. The fourth-order valence-corrected chi connectivity index (χ4v) is 1.18. The van der Waals surface area contributed by atoms with E-state index in [0.29, 0.717) is 4.86 Å². The van der Waals surface area contributed by atoms with Crippen LogP contribution in [0.4, 0.5) is 0 Å². The van der Waals surface area contributed by atoms with Crippen LogP contribution >= 0.6 is 24.8 Å². The van der Waals surface area contributed by atoms with Crippen LogP contribution < -0.4 is 0 Å². The molecule has 4 heteroatoms. The maximum atomic E-state index is 10.8. The Morgan fingerprint density at radius 1 is 1.45 bits per heavy atom. The van der Waals surface area contributed by atoms with Crippen molar-refractivity contribution in [3.05, 3.63) is 0 Å². The first-order chi connectivity index (χ1) is 4.95. The largest absolute Gasteiger partial charge is 0.299 e. The van der Waals surface area contributed by atoms with Gasteiger partial charge in [0.2, 0.25) is 0 Å². The van der Waals surface area contributed by atoms with E-state index in [-0.39, 0.29) is 17.3 Å². The molecule has 0 aliphatic rings. The fraction of sp³-hybridized carbons (Fsp3) is 0.571. The minimum atomic E-state index is -0.421. The van der Waals surface area contributed by atoms with Crippen molar-refractivity contribution in [3.8, 4) is 0 Å². The molecule has 0 fully saturated rings. The normalized spacial score (nSPS) is 12.3. The van der Waals surface area contributed by atoms with Gasteiger partial charge in [-0.25, -0.2) is 0 Å². The van der Waals surface area contributed by atoms with Crippen molar-refractivity contribution < 1.29 is 9.59 Å². The van der Waals surface area contributed by atoms with Crippen molar-refractivity contribution in [2.75, 3.05) is 0 Å². The van der Waals surface area contributed by atoms with Crippen LogP contribution in [-0.4, -0.2) is 15.8 Å². The summed E-state index contributed by atoms with van der Waals surface area (Å²) in [5.41, 5.74) is 0. The SMILES string of the molecule is CC(=O)C(CC(=O)S)C(C)=S. The maximum absolute atomic E-state index is 10.8. The molecule has 0 bridgehead atoms. The predicted octanol–water partition coefficient (Wildman–Crippen LogP) is 1.43. The van der Waals surface area contributed by atoms with E-state index >= 15 is 0 Å². The molecule has 2 nitrogen and oxygen atoms in total. The van der Waals surface area contributed by atoms with E-state index in [4.69, 9.17) is 12.2 Å². The van der Waals surface area contributed by atoms with Crippen molar-refractivity contribution in [1.82, 2.24) is 0 Å². The molecule has 0 aromatic heterocycles. The minimum Gasteiger partial charge on any atom is -0.299 e. The topological polar surface area (TPSA) is 34.1 Å². The van der Waals surface area contributed by atoms with Gasteiger partial charge in [0.05, 0.1) is 5.92 Å². The first kappa shape index (κ1) is 10.8. The molecule has 1 atom stereocenters. The zero-order chi connectivity index (χ0) is 9.02. The number of thiol groups is 1. The summed E-state index contributed by atoms with van der Waals surface area (Å²) < 4.78 is 0. The highest BCUT2D eigenvalue weighted by Crippen LogP contribution is 2.09. The molecule has 62 valence electrons. The zero-order valence-electron chi connectivity index (χ0n) is 6.46. The van der Waals surface area contributed by atoms with Crippen LogP contribution in [0.3, 0.4) is 0 Å². The molecule has 0 aromatic carbocycles. The van der Waals surface area contributed by atoms with Gasteiger partial charge in [0, 0.05) is 11.3 Å². The summed E-state index contributed by atoms with van der Waals surface area (Å²) in [5, 5.41) is -0.297. The summed E-state index contributed by atoms with van der Waals surface area (Å²) in [5.74, 6) is -0.491. The van der Waals surface area contributed by atoms with E-state index in [1.54, 1.807) is 6.92 Å². The van der Waals surface area contributed by atoms with Gasteiger partial charge in [-0.2, -0.15) is 0 Å². The summed E-state index contributed by atoms with van der Waals surface area (Å²) in [6, 6.07) is 0. The van der Waals surface area contributed by atoms with E-state index in [1.807, 2.05) is 0 Å². The number of ketones is 1. The molecular weight excluding hydrogens is 180 g/mol. The zero-order valence-corrected chi connectivity index (χ0v) is 8.17. The molecule has 0 rings (SSSR count). The molecule has 1 unspecified atom stereocenters. The van der Waals surface area contributed by atoms with Gasteiger partial charge in [-0.15, -0.1) is 12.6 Å². The molecule has 0 amide bonds. The second-order valence-electron chi connectivity index (χ2n) is 2.37. The highest BCUT2D eigenvalue weighted by molar-refractivity contribution is 7.96. The smallest absolute Gasteiger partial charge is 0.186 e. The van der Waals surface area contributed by atoms with E-state index in [9.17, 15) is 9.59 Å². The number of thiocarbonyl (C=S) groups is 1. The first-order valence-electron chi connectivity index (χ1n) is 3.18. The van der Waals surface area contributed by atoms with Crippen LogP contribution in [0.25, 0.3) is 0 Å². The molecule has 0 N–H and O–H groups in total. The van der Waals surface area contributed by atoms with Crippen molar-refractivity contribution >= 4 is 40.6 Å². The number of Topliss-reactive ketones (excluding diaryl/α,β-unsaturated/α-hetero) is 1. The summed E-state index contributed by atoms with van der Waals surface area (Å²) in [4.78, 5) is 21.9. The average molecular weight is 190 g/mol. The number of hydrogen-bond donors (Lipinski definition) is 1. The van der Waals surface area contributed by atoms with Gasteiger partial charge in [0.15, 0.2) is 5.12 Å². The molecule has 0 radical (unpaired) electrons. The third kappa shape index (κ3) is 4.27. The van der Waals surface area contributed by atoms with Gasteiger partial charge < -0.3 is 0 Å². The third-order valence-electron chi connectivity index (χ3n) is 1.36. The summed E-state index contributed by atoms with van der Waals surface area (Å²) in [6.45, 7) is 3.09. The second kappa shape index (κ2) is 4.62. The van der Waals surface area contributed by atoms with Gasteiger partial charge in [-0.1, -0.05) is 12.2 Å². The van der Waals surface area contributed by atoms with Crippen molar-refractivity contribution in [3.63, 3.8) is 0 Å². The maximum Gasteiger partial charge on any atom is 0.186 e. The monoisotopic (exact) mass is 190 g/mol. The van der Waals surface area contributed by atoms with Crippen molar-refractivity contribution in [2.45, 2.75) is 20.3 Å². The van der Waals surface area contributed by atoms with E-state index < -0.39 is 5.92 Å². The Morgan fingerprint density at radius 2 is 1.91 bits per heavy atom. The number of carbonyl (C=O) groups excluding carboxylic acids is 2. The Labute approximate surface area is 76.8 Å². The third-order valence-corrected chi connectivity index (χ3v) is 1.83. The molecule has 0 saturated heterocycles. The predicted molar refractivity (Wildman–Crippen MR) is 51.1 cm³/mol.